The number of nitrogens with one attached hydrogen (secondary N) is 2. The van der Waals surface area contributed by atoms with E-state index >= 15 is 0 Å². The Balaban J connectivity index is 1.65. The summed E-state index contributed by atoms with van der Waals surface area (Å²) in [7, 11) is -3.62. The van der Waals surface area contributed by atoms with Crippen LogP contribution < -0.4 is 10.1 Å². The summed E-state index contributed by atoms with van der Waals surface area (Å²) in [5.74, 6) is -0.398. The van der Waals surface area contributed by atoms with Crippen molar-refractivity contribution in [1.82, 2.24) is 5.43 Å². The van der Waals surface area contributed by atoms with Gasteiger partial charge < -0.3 is 0 Å². The summed E-state index contributed by atoms with van der Waals surface area (Å²) in [6.07, 6.45) is 0. The van der Waals surface area contributed by atoms with Crippen molar-refractivity contribution in [3.05, 3.63) is 68.7 Å². The number of anilines is 1. The van der Waals surface area contributed by atoms with Crippen molar-refractivity contribution in [3.63, 3.8) is 0 Å². The van der Waals surface area contributed by atoms with Crippen molar-refractivity contribution in [3.8, 4) is 0 Å². The third-order valence-electron chi connectivity index (χ3n) is 3.41. The van der Waals surface area contributed by atoms with Crippen LogP contribution in [0.4, 0.5) is 5.69 Å². The summed E-state index contributed by atoms with van der Waals surface area (Å²) in [5, 5.41) is 5.75. The second-order valence-corrected chi connectivity index (χ2v) is 9.93. The number of nitrogens with zero attached hydrogens (tertiary/aromatic N) is 1. The molecule has 0 radical (unpaired) electrons. The Morgan fingerprint density at radius 3 is 2.44 bits per heavy atom. The van der Waals surface area contributed by atoms with E-state index in [9.17, 15) is 13.2 Å². The number of sulfonamides is 1. The number of thiophene rings is 2. The molecule has 2 aromatic heterocycles. The molecule has 3 aromatic rings. The molecule has 0 spiro atoms. The van der Waals surface area contributed by atoms with Crippen molar-refractivity contribution in [2.45, 2.75) is 11.1 Å². The van der Waals surface area contributed by atoms with Gasteiger partial charge in [0.2, 0.25) is 0 Å². The van der Waals surface area contributed by atoms with Gasteiger partial charge in [0.1, 0.15) is 4.21 Å². The summed E-state index contributed by atoms with van der Waals surface area (Å²) in [6, 6.07) is 12.9. The second kappa shape index (κ2) is 8.22. The van der Waals surface area contributed by atoms with Crippen LogP contribution in [0.5, 0.6) is 0 Å². The van der Waals surface area contributed by atoms with Gasteiger partial charge in [-0.1, -0.05) is 17.7 Å². The first kappa shape index (κ1) is 19.6. The lowest BCUT2D eigenvalue weighted by Crippen LogP contribution is -2.19. The van der Waals surface area contributed by atoms with Gasteiger partial charge in [0.25, 0.3) is 15.9 Å². The Morgan fingerprint density at radius 1 is 1.11 bits per heavy atom. The molecule has 0 aliphatic heterocycles. The van der Waals surface area contributed by atoms with Crippen molar-refractivity contribution in [2.75, 3.05) is 4.72 Å². The molecule has 0 saturated heterocycles. The maximum absolute atomic E-state index is 12.2. The van der Waals surface area contributed by atoms with Crippen LogP contribution in [0.15, 0.2) is 63.2 Å². The van der Waals surface area contributed by atoms with E-state index in [-0.39, 0.29) is 4.21 Å². The molecular weight excluding hydrogens is 426 g/mol. The van der Waals surface area contributed by atoms with E-state index in [1.54, 1.807) is 24.4 Å². The Hall–Kier alpha value is -2.20. The molecular formula is C17H14ClN3O3S3. The number of benzene rings is 1. The van der Waals surface area contributed by atoms with E-state index in [1.807, 2.05) is 6.07 Å². The van der Waals surface area contributed by atoms with Gasteiger partial charge in [-0.05, 0) is 54.8 Å². The summed E-state index contributed by atoms with van der Waals surface area (Å²) in [6.45, 7) is 1.77. The average molecular weight is 440 g/mol. The third-order valence-corrected chi connectivity index (χ3v) is 7.53. The van der Waals surface area contributed by atoms with Crippen LogP contribution in [0.3, 0.4) is 0 Å². The highest BCUT2D eigenvalue weighted by molar-refractivity contribution is 7.94. The van der Waals surface area contributed by atoms with E-state index in [2.05, 4.69) is 15.2 Å². The highest BCUT2D eigenvalue weighted by atomic mass is 35.5. The largest absolute Gasteiger partial charge is 0.279 e. The molecule has 1 amide bonds. The number of hydrogen-bond donors (Lipinski definition) is 2. The predicted octanol–water partition coefficient (Wildman–Crippen LogP) is 4.42. The maximum atomic E-state index is 12.2. The number of carbonyl (C=O) groups excluding carboxylic acids is 1. The Labute approximate surface area is 169 Å². The van der Waals surface area contributed by atoms with Crippen LogP contribution in [0.2, 0.25) is 4.34 Å². The quantitative estimate of drug-likeness (QED) is 0.440. The number of hydrazone groups is 1. The molecule has 0 aliphatic rings. The van der Waals surface area contributed by atoms with E-state index in [4.69, 9.17) is 11.6 Å². The molecule has 0 bridgehead atoms. The van der Waals surface area contributed by atoms with Gasteiger partial charge in [-0.2, -0.15) is 5.10 Å². The minimum absolute atomic E-state index is 0.225. The maximum Gasteiger partial charge on any atom is 0.271 e. The monoisotopic (exact) mass is 439 g/mol. The molecule has 0 aliphatic carbocycles. The molecule has 140 valence electrons. The van der Waals surface area contributed by atoms with Gasteiger partial charge >= 0.3 is 0 Å². The molecule has 1 aromatic carbocycles. The first-order chi connectivity index (χ1) is 12.8. The highest BCUT2D eigenvalue weighted by Gasteiger charge is 2.15. The van der Waals surface area contributed by atoms with Crippen molar-refractivity contribution < 1.29 is 13.2 Å². The van der Waals surface area contributed by atoms with Crippen LogP contribution in [-0.4, -0.2) is 20.0 Å². The fraction of sp³-hybridized carbons (Fsp3) is 0.0588. The number of carbonyl (C=O) groups is 1. The van der Waals surface area contributed by atoms with Crippen LogP contribution in [0.25, 0.3) is 0 Å². The lowest BCUT2D eigenvalue weighted by atomic mass is 10.2. The zero-order valence-corrected chi connectivity index (χ0v) is 17.2. The lowest BCUT2D eigenvalue weighted by molar-refractivity contribution is 0.0955. The lowest BCUT2D eigenvalue weighted by Gasteiger charge is -2.07. The summed E-state index contributed by atoms with van der Waals surface area (Å²) in [5.41, 5.74) is 3.84. The highest BCUT2D eigenvalue weighted by Crippen LogP contribution is 2.22. The van der Waals surface area contributed by atoms with E-state index in [1.165, 1.54) is 41.7 Å². The molecule has 10 heteroatoms. The van der Waals surface area contributed by atoms with Crippen LogP contribution in [0.1, 0.15) is 22.2 Å². The molecule has 0 saturated carbocycles. The van der Waals surface area contributed by atoms with Crippen LogP contribution in [0, 0.1) is 0 Å². The Morgan fingerprint density at radius 2 is 1.85 bits per heavy atom. The Bertz CT molecular complexity index is 1070. The minimum atomic E-state index is -3.62. The molecule has 6 nitrogen and oxygen atoms in total. The molecule has 0 fully saturated rings. The molecule has 3 rings (SSSR count). The summed E-state index contributed by atoms with van der Waals surface area (Å²) >= 11 is 8.38. The zero-order chi connectivity index (χ0) is 19.4. The first-order valence-electron chi connectivity index (χ1n) is 7.62. The molecule has 0 unspecified atom stereocenters. The zero-order valence-electron chi connectivity index (χ0n) is 14.0. The number of rotatable bonds is 6. The predicted molar refractivity (Wildman–Crippen MR) is 111 cm³/mol. The molecule has 0 atom stereocenters. The van der Waals surface area contributed by atoms with Crippen LogP contribution >= 0.6 is 34.3 Å². The van der Waals surface area contributed by atoms with Gasteiger partial charge in [-0.3, -0.25) is 9.52 Å². The molecule has 2 heterocycles. The van der Waals surface area contributed by atoms with E-state index in [0.29, 0.717) is 21.3 Å². The van der Waals surface area contributed by atoms with E-state index in [0.717, 1.165) is 16.2 Å². The van der Waals surface area contributed by atoms with Gasteiger partial charge in [-0.25, -0.2) is 13.8 Å². The van der Waals surface area contributed by atoms with Crippen molar-refractivity contribution in [1.29, 1.82) is 0 Å². The van der Waals surface area contributed by atoms with Gasteiger partial charge in [0.05, 0.1) is 14.9 Å². The molecule has 27 heavy (non-hydrogen) atoms. The van der Waals surface area contributed by atoms with Gasteiger partial charge in [-0.15, -0.1) is 22.7 Å². The fourth-order valence-electron chi connectivity index (χ4n) is 2.07. The third kappa shape index (κ3) is 4.95. The minimum Gasteiger partial charge on any atom is -0.279 e. The van der Waals surface area contributed by atoms with Gasteiger partial charge in [0.15, 0.2) is 0 Å². The number of amides is 1. The van der Waals surface area contributed by atoms with Crippen LogP contribution in [-0.2, 0) is 10.0 Å². The average Bonchev–Trinajstić information content (AvgIpc) is 3.32. The Kier molecular flexibility index (Phi) is 5.95. The number of hydrogen-bond acceptors (Lipinski definition) is 6. The second-order valence-electron chi connectivity index (χ2n) is 5.36. The standard InChI is InChI=1S/C17H14ClN3O3S3/c1-11(14-8-9-15(18)26-14)19-20-17(22)12-4-6-13(7-5-12)21-27(23,24)16-3-2-10-25-16/h2-10,21H,1H3,(H,20,22)/b19-11-. The SMILES string of the molecule is C/C(=N/NC(=O)c1ccc(NS(=O)(=O)c2cccs2)cc1)c1ccc(Cl)s1. The van der Waals surface area contributed by atoms with Gasteiger partial charge in [0, 0.05) is 11.3 Å². The smallest absolute Gasteiger partial charge is 0.271 e. The summed E-state index contributed by atoms with van der Waals surface area (Å²) < 4.78 is 27.7. The van der Waals surface area contributed by atoms with Crippen molar-refractivity contribution >= 4 is 61.6 Å². The first-order valence-corrected chi connectivity index (χ1v) is 11.2. The molecule has 2 N–H and O–H groups in total. The van der Waals surface area contributed by atoms with E-state index < -0.39 is 15.9 Å². The normalized spacial score (nSPS) is 12.0. The fourth-order valence-corrected chi connectivity index (χ4v) is 5.11. The number of halogens is 1. The topological polar surface area (TPSA) is 87.6 Å². The van der Waals surface area contributed by atoms with Crippen molar-refractivity contribution in [2.24, 2.45) is 5.10 Å². The summed E-state index contributed by atoms with van der Waals surface area (Å²) in [4.78, 5) is 13.1.